The number of carbonyl (C=O) groups excluding carboxylic acids is 2. The van der Waals surface area contributed by atoms with Gasteiger partial charge >= 0.3 is 6.03 Å². The summed E-state index contributed by atoms with van der Waals surface area (Å²) < 4.78 is 10.8. The molecule has 0 saturated carbocycles. The van der Waals surface area contributed by atoms with Gasteiger partial charge in [0.2, 0.25) is 5.91 Å². The molecule has 0 aromatic heterocycles. The Morgan fingerprint density at radius 2 is 1.83 bits per heavy atom. The molecule has 2 atom stereocenters. The van der Waals surface area contributed by atoms with E-state index in [0.29, 0.717) is 31.0 Å². The molecule has 1 heterocycles. The number of nitrogens with zero attached hydrogens (tertiary/aromatic N) is 1. The van der Waals surface area contributed by atoms with Crippen molar-refractivity contribution in [2.75, 3.05) is 32.8 Å². The lowest BCUT2D eigenvalue weighted by molar-refractivity contribution is -0.123. The summed E-state index contributed by atoms with van der Waals surface area (Å²) in [6.45, 7) is 1.05. The highest BCUT2D eigenvalue weighted by molar-refractivity contribution is 7.98. The maximum atomic E-state index is 13.3. The Morgan fingerprint density at radius 1 is 1.09 bits per heavy atom. The van der Waals surface area contributed by atoms with E-state index in [0.717, 1.165) is 42.6 Å². The van der Waals surface area contributed by atoms with E-state index in [9.17, 15) is 9.59 Å². The molecule has 1 aliphatic heterocycles. The fourth-order valence-electron chi connectivity index (χ4n) is 4.98. The Hall–Kier alpha value is -2.87. The topological polar surface area (TPSA) is 79.9 Å². The largest absolute Gasteiger partial charge is 0.493 e. The van der Waals surface area contributed by atoms with Gasteiger partial charge in [-0.25, -0.2) is 4.79 Å². The highest BCUT2D eigenvalue weighted by Crippen LogP contribution is 2.33. The van der Waals surface area contributed by atoms with Crippen LogP contribution in [0.15, 0.2) is 36.4 Å². The van der Waals surface area contributed by atoms with Gasteiger partial charge in [0.1, 0.15) is 6.04 Å². The Bertz CT molecular complexity index is 1060. The highest BCUT2D eigenvalue weighted by Gasteiger charge is 2.29. The smallest absolute Gasteiger partial charge is 0.318 e. The van der Waals surface area contributed by atoms with Gasteiger partial charge < -0.3 is 25.0 Å². The number of amides is 3. The molecule has 2 N–H and O–H groups in total. The average Bonchev–Trinajstić information content (AvgIpc) is 2.89. The minimum atomic E-state index is -0.573. The summed E-state index contributed by atoms with van der Waals surface area (Å²) in [7, 11) is 3.23. The zero-order valence-corrected chi connectivity index (χ0v) is 21.6. The minimum absolute atomic E-state index is 0.00885. The first-order valence-electron chi connectivity index (χ1n) is 12.2. The van der Waals surface area contributed by atoms with Crippen molar-refractivity contribution >= 4 is 23.7 Å². The molecule has 7 nitrogen and oxygen atoms in total. The van der Waals surface area contributed by atoms with Crippen LogP contribution in [-0.4, -0.2) is 55.7 Å². The van der Waals surface area contributed by atoms with Crippen molar-refractivity contribution in [3.05, 3.63) is 58.7 Å². The van der Waals surface area contributed by atoms with Gasteiger partial charge in [-0.05, 0) is 78.5 Å². The molecule has 1 aliphatic carbocycles. The molecule has 0 saturated heterocycles. The summed E-state index contributed by atoms with van der Waals surface area (Å²) in [5, 5.41) is 6.25. The first-order chi connectivity index (χ1) is 17.0. The predicted octanol–water partition coefficient (Wildman–Crippen LogP) is 4.09. The van der Waals surface area contributed by atoms with Crippen molar-refractivity contribution in [2.24, 2.45) is 0 Å². The molecule has 35 heavy (non-hydrogen) atoms. The summed E-state index contributed by atoms with van der Waals surface area (Å²) in [5.74, 6) is 2.03. The number of hydrogen-bond donors (Lipinski definition) is 2. The van der Waals surface area contributed by atoms with E-state index >= 15 is 0 Å². The molecule has 8 heteroatoms. The zero-order valence-electron chi connectivity index (χ0n) is 20.8. The Labute approximate surface area is 211 Å². The molecular weight excluding hydrogens is 462 g/mol. The maximum absolute atomic E-state index is 13.3. The van der Waals surface area contributed by atoms with Crippen molar-refractivity contribution in [3.63, 3.8) is 0 Å². The molecule has 2 aromatic rings. The number of nitrogens with one attached hydrogen (secondary N) is 2. The number of methoxy groups -OCH3 is 2. The van der Waals surface area contributed by atoms with Crippen LogP contribution < -0.4 is 20.1 Å². The van der Waals surface area contributed by atoms with Crippen LogP contribution >= 0.6 is 11.8 Å². The number of hydrogen-bond acceptors (Lipinski definition) is 5. The van der Waals surface area contributed by atoms with E-state index in [1.807, 2.05) is 30.5 Å². The Kier molecular flexibility index (Phi) is 8.44. The summed E-state index contributed by atoms with van der Waals surface area (Å²) in [6.07, 6.45) is 6.33. The molecular formula is C27H35N3O4S. The molecule has 2 aliphatic rings. The van der Waals surface area contributed by atoms with E-state index in [-0.39, 0.29) is 18.0 Å². The normalized spacial score (nSPS) is 17.6. The van der Waals surface area contributed by atoms with Crippen LogP contribution in [0.4, 0.5) is 4.79 Å². The molecule has 0 radical (unpaired) electrons. The third kappa shape index (κ3) is 5.86. The van der Waals surface area contributed by atoms with Crippen LogP contribution in [0.5, 0.6) is 11.5 Å². The average molecular weight is 498 g/mol. The molecule has 2 aromatic carbocycles. The SMILES string of the molecule is COc1cc2c(cc1OC)CN(C(=O)N[C@@H](CCSC)C(=O)N[C@@H]1CCCc3ccccc31)CC2. The van der Waals surface area contributed by atoms with Gasteiger partial charge in [0.15, 0.2) is 11.5 Å². The van der Waals surface area contributed by atoms with Crippen molar-refractivity contribution < 1.29 is 19.1 Å². The maximum Gasteiger partial charge on any atom is 0.318 e. The van der Waals surface area contributed by atoms with Crippen LogP contribution in [0.3, 0.4) is 0 Å². The Balaban J connectivity index is 1.43. The summed E-state index contributed by atoms with van der Waals surface area (Å²) in [4.78, 5) is 28.3. The number of aryl methyl sites for hydroxylation is 1. The van der Waals surface area contributed by atoms with Crippen LogP contribution in [0.25, 0.3) is 0 Å². The van der Waals surface area contributed by atoms with Crippen molar-refractivity contribution in [1.29, 1.82) is 0 Å². The van der Waals surface area contributed by atoms with Crippen molar-refractivity contribution in [3.8, 4) is 11.5 Å². The number of thioether (sulfide) groups is 1. The number of fused-ring (bicyclic) bond motifs is 2. The van der Waals surface area contributed by atoms with E-state index in [2.05, 4.69) is 22.8 Å². The first kappa shape index (κ1) is 25.2. The standard InChI is InChI=1S/C27H35N3O4S/c1-33-24-15-19-11-13-30(17-20(19)16-25(24)34-2)27(32)29-23(12-14-35-3)26(31)28-22-10-6-8-18-7-4-5-9-21(18)22/h4-5,7,9,15-16,22-23H,6,8,10-14,17H2,1-3H3,(H,28,31)(H,29,32)/t22-,23+/m1/s1. The third-order valence-corrected chi connectivity index (χ3v) is 7.56. The second-order valence-electron chi connectivity index (χ2n) is 9.08. The van der Waals surface area contributed by atoms with Gasteiger partial charge in [0.25, 0.3) is 0 Å². The highest BCUT2D eigenvalue weighted by atomic mass is 32.2. The summed E-state index contributed by atoms with van der Waals surface area (Å²) in [5.41, 5.74) is 4.68. The van der Waals surface area contributed by atoms with Crippen LogP contribution in [0.1, 0.15) is 47.6 Å². The predicted molar refractivity (Wildman–Crippen MR) is 139 cm³/mol. The van der Waals surface area contributed by atoms with Gasteiger partial charge in [-0.1, -0.05) is 24.3 Å². The number of carbonyl (C=O) groups is 2. The molecule has 0 fully saturated rings. The quantitative estimate of drug-likeness (QED) is 0.574. The van der Waals surface area contributed by atoms with E-state index in [1.165, 1.54) is 11.1 Å². The minimum Gasteiger partial charge on any atom is -0.493 e. The van der Waals surface area contributed by atoms with Crippen LogP contribution in [0, 0.1) is 0 Å². The molecule has 0 bridgehead atoms. The fourth-order valence-corrected chi connectivity index (χ4v) is 5.45. The molecule has 3 amide bonds. The van der Waals surface area contributed by atoms with Gasteiger partial charge in [-0.15, -0.1) is 0 Å². The molecule has 188 valence electrons. The second-order valence-corrected chi connectivity index (χ2v) is 10.1. The van der Waals surface area contributed by atoms with E-state index in [1.54, 1.807) is 30.9 Å². The lowest BCUT2D eigenvalue weighted by Gasteiger charge is -2.32. The van der Waals surface area contributed by atoms with E-state index < -0.39 is 6.04 Å². The summed E-state index contributed by atoms with van der Waals surface area (Å²) >= 11 is 1.67. The Morgan fingerprint density at radius 3 is 2.57 bits per heavy atom. The number of ether oxygens (including phenoxy) is 2. The summed E-state index contributed by atoms with van der Waals surface area (Å²) in [6, 6.07) is 11.4. The van der Waals surface area contributed by atoms with Gasteiger partial charge in [0, 0.05) is 13.1 Å². The lowest BCUT2D eigenvalue weighted by Crippen LogP contribution is -2.52. The monoisotopic (exact) mass is 497 g/mol. The third-order valence-electron chi connectivity index (χ3n) is 6.92. The van der Waals surface area contributed by atoms with Gasteiger partial charge in [-0.3, -0.25) is 4.79 Å². The first-order valence-corrected chi connectivity index (χ1v) is 13.6. The van der Waals surface area contributed by atoms with Gasteiger partial charge in [0.05, 0.1) is 20.3 Å². The molecule has 0 spiro atoms. The van der Waals surface area contributed by atoms with Crippen LogP contribution in [0.2, 0.25) is 0 Å². The van der Waals surface area contributed by atoms with Crippen molar-refractivity contribution in [2.45, 2.75) is 50.7 Å². The second kappa shape index (κ2) is 11.7. The molecule has 4 rings (SSSR count). The number of rotatable bonds is 8. The lowest BCUT2D eigenvalue weighted by atomic mass is 9.87. The fraction of sp³-hybridized carbons (Fsp3) is 0.481. The zero-order chi connectivity index (χ0) is 24.8. The number of benzene rings is 2. The van der Waals surface area contributed by atoms with Gasteiger partial charge in [-0.2, -0.15) is 11.8 Å². The number of urea groups is 1. The molecule has 0 unspecified atom stereocenters. The van der Waals surface area contributed by atoms with Crippen LogP contribution in [-0.2, 0) is 24.2 Å². The van der Waals surface area contributed by atoms with E-state index in [4.69, 9.17) is 9.47 Å². The van der Waals surface area contributed by atoms with Crippen molar-refractivity contribution in [1.82, 2.24) is 15.5 Å².